The molecule has 0 radical (unpaired) electrons. The molecule has 0 saturated carbocycles. The molecular weight excluding hydrogens is 246 g/mol. The van der Waals surface area contributed by atoms with Crippen molar-refractivity contribution in [1.29, 1.82) is 0 Å². The molecule has 0 aliphatic rings. The minimum absolute atomic E-state index is 0.101. The maximum atomic E-state index is 12.0. The van der Waals surface area contributed by atoms with Crippen LogP contribution in [0.5, 0.6) is 0 Å². The van der Waals surface area contributed by atoms with Crippen molar-refractivity contribution in [2.24, 2.45) is 0 Å². The van der Waals surface area contributed by atoms with E-state index in [0.29, 0.717) is 0 Å². The Hall–Kier alpha value is -2.09. The fraction of sp³-hybridized carbons (Fsp3) is 0.278. The number of H-pyrrole nitrogens is 1. The van der Waals surface area contributed by atoms with Crippen LogP contribution in [0.15, 0.2) is 59.4 Å². The molecule has 2 rings (SSSR count). The number of nitrogens with one attached hydrogen (secondary N) is 1. The Morgan fingerprint density at radius 1 is 1.10 bits per heavy atom. The maximum absolute atomic E-state index is 12.0. The Labute approximate surface area is 119 Å². The van der Waals surface area contributed by atoms with E-state index in [-0.39, 0.29) is 5.43 Å². The molecule has 2 aromatic rings. The van der Waals surface area contributed by atoms with Gasteiger partial charge in [0.05, 0.1) is 0 Å². The van der Waals surface area contributed by atoms with Crippen molar-refractivity contribution in [2.45, 2.75) is 32.6 Å². The third kappa shape index (κ3) is 3.95. The predicted molar refractivity (Wildman–Crippen MR) is 86.1 cm³/mol. The summed E-state index contributed by atoms with van der Waals surface area (Å²) >= 11 is 0. The molecule has 0 amide bonds. The van der Waals surface area contributed by atoms with E-state index < -0.39 is 0 Å². The topological polar surface area (TPSA) is 32.9 Å². The van der Waals surface area contributed by atoms with Gasteiger partial charge in [-0.15, -0.1) is 0 Å². The van der Waals surface area contributed by atoms with Crippen LogP contribution in [0, 0.1) is 0 Å². The Kier molecular flexibility index (Phi) is 5.36. The van der Waals surface area contributed by atoms with Crippen LogP contribution in [0.2, 0.25) is 0 Å². The predicted octanol–water partition coefficient (Wildman–Crippen LogP) is 4.37. The van der Waals surface area contributed by atoms with Crippen LogP contribution in [0.1, 0.15) is 31.9 Å². The fourth-order valence-electron chi connectivity index (χ4n) is 2.18. The van der Waals surface area contributed by atoms with E-state index in [0.717, 1.165) is 42.3 Å². The zero-order chi connectivity index (χ0) is 14.2. The molecule has 0 spiro atoms. The summed E-state index contributed by atoms with van der Waals surface area (Å²) in [6.07, 6.45) is 12.6. The van der Waals surface area contributed by atoms with E-state index in [1.54, 1.807) is 6.07 Å². The van der Waals surface area contributed by atoms with Crippen molar-refractivity contribution in [3.63, 3.8) is 0 Å². The minimum atomic E-state index is 0.101. The quantitative estimate of drug-likeness (QED) is 0.774. The molecule has 20 heavy (non-hydrogen) atoms. The van der Waals surface area contributed by atoms with Gasteiger partial charge in [-0.05, 0) is 37.8 Å². The Bertz CT molecular complexity index is 664. The largest absolute Gasteiger partial charge is 0.358 e. The summed E-state index contributed by atoms with van der Waals surface area (Å²) in [5, 5.41) is 0.761. The normalized spacial score (nSPS) is 11.8. The molecule has 0 saturated heterocycles. The number of benzene rings is 1. The third-order valence-corrected chi connectivity index (χ3v) is 3.21. The van der Waals surface area contributed by atoms with E-state index in [4.69, 9.17) is 0 Å². The van der Waals surface area contributed by atoms with Crippen LogP contribution in [-0.4, -0.2) is 4.98 Å². The first-order chi connectivity index (χ1) is 9.81. The Balaban J connectivity index is 1.97. The van der Waals surface area contributed by atoms with Crippen molar-refractivity contribution in [2.75, 3.05) is 0 Å². The Morgan fingerprint density at radius 2 is 1.90 bits per heavy atom. The fourth-order valence-corrected chi connectivity index (χ4v) is 2.18. The van der Waals surface area contributed by atoms with Crippen molar-refractivity contribution in [1.82, 2.24) is 4.98 Å². The summed E-state index contributed by atoms with van der Waals surface area (Å²) in [5.41, 5.74) is 2.02. The van der Waals surface area contributed by atoms with E-state index in [9.17, 15) is 4.79 Å². The van der Waals surface area contributed by atoms with Gasteiger partial charge in [0.15, 0.2) is 5.43 Å². The standard InChI is InChI=1S/C18H21NO/c1-2-3-4-5-6-7-8-11-15-14-18(20)16-12-9-10-13-17(16)19-15/h3-4,6-7,9-10,12-14H,2,5,8,11H2,1H3,(H,19,20). The van der Waals surface area contributed by atoms with Gasteiger partial charge in [0.1, 0.15) is 0 Å². The zero-order valence-corrected chi connectivity index (χ0v) is 11.9. The van der Waals surface area contributed by atoms with E-state index in [1.807, 2.05) is 24.3 Å². The molecule has 2 heteroatoms. The van der Waals surface area contributed by atoms with Crippen LogP contribution in [0.25, 0.3) is 10.9 Å². The average Bonchev–Trinajstić information content (AvgIpc) is 2.46. The summed E-state index contributed by atoms with van der Waals surface area (Å²) in [7, 11) is 0. The lowest BCUT2D eigenvalue weighted by molar-refractivity contribution is 0.949. The molecular formula is C18H21NO. The van der Waals surface area contributed by atoms with Crippen molar-refractivity contribution in [3.8, 4) is 0 Å². The lowest BCUT2D eigenvalue weighted by Crippen LogP contribution is -2.04. The molecule has 0 fully saturated rings. The third-order valence-electron chi connectivity index (χ3n) is 3.21. The molecule has 0 aliphatic carbocycles. The molecule has 0 unspecified atom stereocenters. The maximum Gasteiger partial charge on any atom is 0.189 e. The van der Waals surface area contributed by atoms with Gasteiger partial charge in [0.2, 0.25) is 0 Å². The van der Waals surface area contributed by atoms with Crippen molar-refractivity contribution in [3.05, 3.63) is 70.6 Å². The van der Waals surface area contributed by atoms with Crippen LogP contribution in [0.4, 0.5) is 0 Å². The second kappa shape index (κ2) is 7.49. The van der Waals surface area contributed by atoms with Gasteiger partial charge >= 0.3 is 0 Å². The van der Waals surface area contributed by atoms with Gasteiger partial charge in [0, 0.05) is 22.7 Å². The summed E-state index contributed by atoms with van der Waals surface area (Å²) in [4.78, 5) is 15.3. The highest BCUT2D eigenvalue weighted by atomic mass is 16.1. The molecule has 0 bridgehead atoms. The highest BCUT2D eigenvalue weighted by Crippen LogP contribution is 2.08. The van der Waals surface area contributed by atoms with Crippen molar-refractivity contribution >= 4 is 10.9 Å². The van der Waals surface area contributed by atoms with Crippen LogP contribution < -0.4 is 5.43 Å². The van der Waals surface area contributed by atoms with E-state index >= 15 is 0 Å². The molecule has 104 valence electrons. The number of allylic oxidation sites excluding steroid dienone is 4. The minimum Gasteiger partial charge on any atom is -0.358 e. The van der Waals surface area contributed by atoms with Gasteiger partial charge in [-0.1, -0.05) is 43.4 Å². The molecule has 1 heterocycles. The highest BCUT2D eigenvalue weighted by Gasteiger charge is 2.00. The van der Waals surface area contributed by atoms with Crippen LogP contribution in [0.3, 0.4) is 0 Å². The van der Waals surface area contributed by atoms with Crippen LogP contribution >= 0.6 is 0 Å². The smallest absolute Gasteiger partial charge is 0.189 e. The van der Waals surface area contributed by atoms with E-state index in [2.05, 4.69) is 36.2 Å². The van der Waals surface area contributed by atoms with Gasteiger partial charge in [-0.3, -0.25) is 4.79 Å². The molecule has 0 aliphatic heterocycles. The van der Waals surface area contributed by atoms with Gasteiger partial charge in [0.25, 0.3) is 0 Å². The van der Waals surface area contributed by atoms with Crippen molar-refractivity contribution < 1.29 is 0 Å². The first-order valence-corrected chi connectivity index (χ1v) is 7.22. The zero-order valence-electron chi connectivity index (χ0n) is 11.9. The number of hydrogen-bond donors (Lipinski definition) is 1. The first-order valence-electron chi connectivity index (χ1n) is 7.22. The summed E-state index contributed by atoms with van der Waals surface area (Å²) < 4.78 is 0. The lowest BCUT2D eigenvalue weighted by Gasteiger charge is -2.02. The number of para-hydroxylation sites is 1. The monoisotopic (exact) mass is 267 g/mol. The number of aromatic nitrogens is 1. The lowest BCUT2D eigenvalue weighted by atomic mass is 10.1. The summed E-state index contributed by atoms with van der Waals surface area (Å²) in [6, 6.07) is 9.36. The van der Waals surface area contributed by atoms with Gasteiger partial charge in [-0.2, -0.15) is 0 Å². The Morgan fingerprint density at radius 3 is 2.75 bits per heavy atom. The van der Waals surface area contributed by atoms with Gasteiger partial charge < -0.3 is 4.98 Å². The highest BCUT2D eigenvalue weighted by molar-refractivity contribution is 5.78. The molecule has 1 N–H and O–H groups in total. The number of fused-ring (bicyclic) bond motifs is 1. The second-order valence-electron chi connectivity index (χ2n) is 4.83. The summed E-state index contributed by atoms with van der Waals surface area (Å²) in [6.45, 7) is 2.14. The molecule has 2 nitrogen and oxygen atoms in total. The summed E-state index contributed by atoms with van der Waals surface area (Å²) in [5.74, 6) is 0. The molecule has 1 aromatic heterocycles. The number of aryl methyl sites for hydroxylation is 1. The number of pyridine rings is 1. The average molecular weight is 267 g/mol. The molecule has 0 atom stereocenters. The number of hydrogen-bond acceptors (Lipinski definition) is 1. The van der Waals surface area contributed by atoms with E-state index in [1.165, 1.54) is 0 Å². The first kappa shape index (κ1) is 14.3. The number of rotatable bonds is 6. The number of aromatic amines is 1. The second-order valence-corrected chi connectivity index (χ2v) is 4.83. The SMILES string of the molecule is CCC=CCC=CCCc1cc(=O)c2ccccc2[nH]1. The molecule has 1 aromatic carbocycles. The van der Waals surface area contributed by atoms with Gasteiger partial charge in [-0.25, -0.2) is 0 Å². The van der Waals surface area contributed by atoms with Crippen LogP contribution in [-0.2, 0) is 6.42 Å².